The van der Waals surface area contributed by atoms with Crippen LogP contribution in [0.4, 0.5) is 18.9 Å². The first-order chi connectivity index (χ1) is 18.0. The van der Waals surface area contributed by atoms with Gasteiger partial charge in [0.2, 0.25) is 5.91 Å². The van der Waals surface area contributed by atoms with E-state index in [1.165, 1.54) is 31.2 Å². The van der Waals surface area contributed by atoms with E-state index in [0.29, 0.717) is 10.7 Å². The smallest absolute Gasteiger partial charge is 0.416 e. The van der Waals surface area contributed by atoms with Crippen LogP contribution in [0.25, 0.3) is 0 Å². The Morgan fingerprint density at radius 1 is 1.26 bits per heavy atom. The predicted molar refractivity (Wildman–Crippen MR) is 141 cm³/mol. The number of benzene rings is 2. The summed E-state index contributed by atoms with van der Waals surface area (Å²) in [5.41, 5.74) is -0.0491. The van der Waals surface area contributed by atoms with Crippen LogP contribution in [-0.2, 0) is 20.5 Å². The summed E-state index contributed by atoms with van der Waals surface area (Å²) in [6.07, 6.45) is -3.42. The van der Waals surface area contributed by atoms with Crippen molar-refractivity contribution in [3.8, 4) is 6.07 Å². The van der Waals surface area contributed by atoms with Crippen molar-refractivity contribution in [1.82, 2.24) is 5.32 Å². The van der Waals surface area contributed by atoms with Crippen LogP contribution in [0.5, 0.6) is 0 Å². The average Bonchev–Trinajstić information content (AvgIpc) is 2.87. The van der Waals surface area contributed by atoms with E-state index in [-0.39, 0.29) is 39.8 Å². The molecule has 0 fully saturated rings. The monoisotopic (exact) mass is 561 g/mol. The van der Waals surface area contributed by atoms with Crippen molar-refractivity contribution in [3.05, 3.63) is 98.7 Å². The Bertz CT molecular complexity index is 1380. The van der Waals surface area contributed by atoms with Crippen LogP contribution >= 0.6 is 23.4 Å². The summed E-state index contributed by atoms with van der Waals surface area (Å²) in [5, 5.41) is 16.3. The molecule has 0 saturated carbocycles. The molecule has 0 bridgehead atoms. The maximum atomic E-state index is 14.0. The molecule has 11 heteroatoms. The van der Waals surface area contributed by atoms with Crippen molar-refractivity contribution in [2.75, 3.05) is 17.7 Å². The fraction of sp³-hybridized carbons (Fsp3) is 0.222. The number of anilines is 1. The van der Waals surface area contributed by atoms with Crippen LogP contribution in [0.1, 0.15) is 29.5 Å². The standard InChI is InChI=1S/C27H23ClF3N3O3S/c1-4-11-37-26(36)23-16(3)33-25(38-14-22(35)34-21-12-17(28)10-9-15(21)2)19(13-32)24(23)18-7-5-6-8-20(18)27(29,30)31/h4-10,12,24,33H,1,11,14H2,2-3H3,(H,34,35)/t24-/m0/s1. The quantitative estimate of drug-likeness (QED) is 0.284. The Labute approximate surface area is 227 Å². The van der Waals surface area contributed by atoms with Gasteiger partial charge in [-0.25, -0.2) is 4.79 Å². The highest BCUT2D eigenvalue weighted by atomic mass is 35.5. The summed E-state index contributed by atoms with van der Waals surface area (Å²) in [7, 11) is 0. The van der Waals surface area contributed by atoms with Gasteiger partial charge in [-0.3, -0.25) is 4.79 Å². The number of rotatable bonds is 8. The lowest BCUT2D eigenvalue weighted by Crippen LogP contribution is -2.30. The van der Waals surface area contributed by atoms with Crippen LogP contribution in [0.2, 0.25) is 5.02 Å². The number of dihydropyridines is 1. The van der Waals surface area contributed by atoms with Gasteiger partial charge in [0.05, 0.1) is 39.5 Å². The van der Waals surface area contributed by atoms with Gasteiger partial charge in [0.25, 0.3) is 0 Å². The predicted octanol–water partition coefficient (Wildman–Crippen LogP) is 6.46. The van der Waals surface area contributed by atoms with Gasteiger partial charge in [0, 0.05) is 16.4 Å². The molecular formula is C27H23ClF3N3O3S. The normalized spacial score (nSPS) is 15.4. The zero-order valence-corrected chi connectivity index (χ0v) is 22.0. The number of nitrogens with zero attached hydrogens (tertiary/aromatic N) is 1. The van der Waals surface area contributed by atoms with E-state index >= 15 is 0 Å². The first-order valence-electron chi connectivity index (χ1n) is 11.2. The second-order valence-electron chi connectivity index (χ2n) is 8.22. The number of ether oxygens (including phenoxy) is 1. The molecule has 1 heterocycles. The number of halogens is 4. The Kier molecular flexibility index (Phi) is 9.31. The van der Waals surface area contributed by atoms with Crippen molar-refractivity contribution in [2.45, 2.75) is 25.9 Å². The number of allylic oxidation sites excluding steroid dienone is 2. The first kappa shape index (κ1) is 28.9. The molecule has 6 nitrogen and oxygen atoms in total. The first-order valence-corrected chi connectivity index (χ1v) is 12.6. The molecular weight excluding hydrogens is 539 g/mol. The van der Waals surface area contributed by atoms with Gasteiger partial charge in [-0.15, -0.1) is 0 Å². The number of carbonyl (C=O) groups excluding carboxylic acids is 2. The summed E-state index contributed by atoms with van der Waals surface area (Å²) in [4.78, 5) is 25.6. The van der Waals surface area contributed by atoms with Crippen LogP contribution in [0.3, 0.4) is 0 Å². The number of nitrogens with one attached hydrogen (secondary N) is 2. The molecule has 0 unspecified atom stereocenters. The fourth-order valence-corrected chi connectivity index (χ4v) is 4.94. The van der Waals surface area contributed by atoms with Gasteiger partial charge in [0.1, 0.15) is 6.61 Å². The number of thioether (sulfide) groups is 1. The minimum absolute atomic E-state index is 0.136. The van der Waals surface area contributed by atoms with Gasteiger partial charge in [-0.05, 0) is 43.2 Å². The van der Waals surface area contributed by atoms with Crippen LogP contribution in [0, 0.1) is 18.3 Å². The molecule has 2 N–H and O–H groups in total. The molecule has 0 radical (unpaired) electrons. The van der Waals surface area contributed by atoms with E-state index in [0.717, 1.165) is 23.4 Å². The molecule has 1 amide bonds. The lowest BCUT2D eigenvalue weighted by Gasteiger charge is -2.30. The zero-order valence-electron chi connectivity index (χ0n) is 20.4. The number of alkyl halides is 3. The molecule has 38 heavy (non-hydrogen) atoms. The Hall–Kier alpha value is -3.68. The second kappa shape index (κ2) is 12.2. The molecule has 0 aromatic heterocycles. The third-order valence-corrected chi connectivity index (χ3v) is 6.85. The third-order valence-electron chi connectivity index (χ3n) is 5.60. The second-order valence-corrected chi connectivity index (χ2v) is 9.64. The number of hydrogen-bond donors (Lipinski definition) is 2. The topological polar surface area (TPSA) is 91.2 Å². The molecule has 0 aliphatic carbocycles. The molecule has 1 aliphatic rings. The summed E-state index contributed by atoms with van der Waals surface area (Å²) in [6.45, 7) is 6.60. The molecule has 1 atom stereocenters. The number of esters is 1. The fourth-order valence-electron chi connectivity index (χ4n) is 3.88. The van der Waals surface area contributed by atoms with Crippen LogP contribution in [-0.4, -0.2) is 24.2 Å². The third kappa shape index (κ3) is 6.60. The van der Waals surface area contributed by atoms with E-state index < -0.39 is 29.5 Å². The SMILES string of the molecule is C=CCOC(=O)C1=C(C)NC(SCC(=O)Nc2cc(Cl)ccc2C)=C(C#N)[C@@H]1c1ccccc1C(F)(F)F. The zero-order chi connectivity index (χ0) is 28.0. The van der Waals surface area contributed by atoms with E-state index in [1.807, 2.05) is 6.07 Å². The number of amides is 1. The molecule has 2 aromatic rings. The maximum Gasteiger partial charge on any atom is 0.416 e. The van der Waals surface area contributed by atoms with E-state index in [1.54, 1.807) is 25.1 Å². The molecule has 2 aromatic carbocycles. The number of nitriles is 1. The maximum absolute atomic E-state index is 14.0. The largest absolute Gasteiger partial charge is 0.458 e. The Balaban J connectivity index is 2.01. The van der Waals surface area contributed by atoms with Gasteiger partial charge < -0.3 is 15.4 Å². The van der Waals surface area contributed by atoms with E-state index in [9.17, 15) is 28.0 Å². The highest BCUT2D eigenvalue weighted by Gasteiger charge is 2.41. The highest BCUT2D eigenvalue weighted by Crippen LogP contribution is 2.45. The number of aryl methyl sites for hydroxylation is 1. The summed E-state index contributed by atoms with van der Waals surface area (Å²) >= 11 is 6.94. The van der Waals surface area contributed by atoms with Gasteiger partial charge in [-0.1, -0.05) is 60.3 Å². The molecule has 0 saturated heterocycles. The lowest BCUT2D eigenvalue weighted by atomic mass is 9.80. The molecule has 0 spiro atoms. The van der Waals surface area contributed by atoms with Crippen LogP contribution < -0.4 is 10.6 Å². The minimum atomic E-state index is -4.74. The summed E-state index contributed by atoms with van der Waals surface area (Å²) < 4.78 is 47.0. The summed E-state index contributed by atoms with van der Waals surface area (Å²) in [6, 6.07) is 11.7. The lowest BCUT2D eigenvalue weighted by molar-refractivity contribution is -0.140. The van der Waals surface area contributed by atoms with Gasteiger partial charge >= 0.3 is 12.1 Å². The Morgan fingerprint density at radius 2 is 1.97 bits per heavy atom. The average molecular weight is 562 g/mol. The summed E-state index contributed by atoms with van der Waals surface area (Å²) in [5.74, 6) is -2.85. The Morgan fingerprint density at radius 3 is 2.63 bits per heavy atom. The van der Waals surface area contributed by atoms with Gasteiger partial charge in [0.15, 0.2) is 0 Å². The van der Waals surface area contributed by atoms with E-state index in [4.69, 9.17) is 16.3 Å². The number of hydrogen-bond acceptors (Lipinski definition) is 6. The van der Waals surface area contributed by atoms with Crippen molar-refractivity contribution in [1.29, 1.82) is 5.26 Å². The van der Waals surface area contributed by atoms with Gasteiger partial charge in [-0.2, -0.15) is 18.4 Å². The molecule has 1 aliphatic heterocycles. The minimum Gasteiger partial charge on any atom is -0.458 e. The van der Waals surface area contributed by atoms with Crippen molar-refractivity contribution >= 4 is 40.9 Å². The van der Waals surface area contributed by atoms with Crippen molar-refractivity contribution in [3.63, 3.8) is 0 Å². The van der Waals surface area contributed by atoms with Crippen molar-refractivity contribution < 1.29 is 27.5 Å². The van der Waals surface area contributed by atoms with E-state index in [2.05, 4.69) is 17.2 Å². The number of carbonyl (C=O) groups is 2. The van der Waals surface area contributed by atoms with Crippen molar-refractivity contribution in [2.24, 2.45) is 0 Å². The highest BCUT2D eigenvalue weighted by molar-refractivity contribution is 8.03. The van der Waals surface area contributed by atoms with Crippen LogP contribution in [0.15, 0.2) is 77.0 Å². The molecule has 3 rings (SSSR count). The molecule has 198 valence electrons.